The average molecular weight is 799 g/mol. The minimum Gasteiger partial charge on any atom is -0.457 e. The van der Waals surface area contributed by atoms with Gasteiger partial charge in [0.15, 0.2) is 0 Å². The zero-order chi connectivity index (χ0) is 40.8. The molecule has 56 heavy (non-hydrogen) atoms. The van der Waals surface area contributed by atoms with Crippen LogP contribution in [0.1, 0.15) is 214 Å². The van der Waals surface area contributed by atoms with Gasteiger partial charge in [0.2, 0.25) is 0 Å². The van der Waals surface area contributed by atoms with Crippen LogP contribution >= 0.6 is 0 Å². The molecule has 0 aliphatic carbocycles. The molecule has 0 radical (unpaired) electrons. The molecule has 0 aromatic carbocycles. The molecule has 8 heteroatoms. The minimum absolute atomic E-state index is 0.115. The molecule has 0 amide bonds. The number of unbranched alkanes of at least 4 members (excludes halogenated alkanes) is 20. The van der Waals surface area contributed by atoms with Crippen molar-refractivity contribution in [3.05, 3.63) is 0 Å². The second kappa shape index (κ2) is 46.9. The zero-order valence-electron chi connectivity index (χ0n) is 38.1. The van der Waals surface area contributed by atoms with Crippen molar-refractivity contribution in [2.24, 2.45) is 11.7 Å². The smallest absolute Gasteiger partial charge is 0.306 e. The van der Waals surface area contributed by atoms with Gasteiger partial charge < -0.3 is 34.3 Å². The van der Waals surface area contributed by atoms with Crippen LogP contribution in [0.3, 0.4) is 0 Å². The van der Waals surface area contributed by atoms with Crippen LogP contribution in [0.5, 0.6) is 0 Å². The molecule has 0 aromatic heterocycles. The van der Waals surface area contributed by atoms with Crippen LogP contribution < -0.4 is 5.73 Å². The van der Waals surface area contributed by atoms with Gasteiger partial charge in [-0.3, -0.25) is 4.79 Å². The van der Waals surface area contributed by atoms with Crippen molar-refractivity contribution in [3.8, 4) is 0 Å². The van der Waals surface area contributed by atoms with E-state index in [0.29, 0.717) is 25.6 Å². The molecule has 0 unspecified atom stereocenters. The van der Waals surface area contributed by atoms with E-state index in [0.717, 1.165) is 97.8 Å². The maximum atomic E-state index is 12.7. The topological polar surface area (TPSA) is 92.5 Å². The monoisotopic (exact) mass is 799 g/mol. The molecule has 0 saturated carbocycles. The predicted octanol–water partition coefficient (Wildman–Crippen LogP) is 12.2. The molecule has 0 aromatic rings. The van der Waals surface area contributed by atoms with Crippen LogP contribution in [0, 0.1) is 5.92 Å². The third-order valence-electron chi connectivity index (χ3n) is 10.8. The number of hydrogen-bond acceptors (Lipinski definition) is 8. The Hall–Kier alpha value is -0.770. The summed E-state index contributed by atoms with van der Waals surface area (Å²) in [5, 5.41) is 0. The van der Waals surface area contributed by atoms with Crippen LogP contribution in [-0.4, -0.2) is 96.0 Å². The summed E-state index contributed by atoms with van der Waals surface area (Å²) >= 11 is 0. The van der Waals surface area contributed by atoms with Gasteiger partial charge >= 0.3 is 5.97 Å². The Labute approximate surface area is 349 Å². The Morgan fingerprint density at radius 1 is 0.446 bits per heavy atom. The van der Waals surface area contributed by atoms with E-state index in [1.165, 1.54) is 148 Å². The Kier molecular flexibility index (Phi) is 46.3. The van der Waals surface area contributed by atoms with Gasteiger partial charge in [0.25, 0.3) is 0 Å². The number of nitrogens with two attached hydrogens (primary N) is 1. The summed E-state index contributed by atoms with van der Waals surface area (Å²) in [5.74, 6) is 0.418. The van der Waals surface area contributed by atoms with Crippen LogP contribution in [0.15, 0.2) is 0 Å². The van der Waals surface area contributed by atoms with Crippen molar-refractivity contribution in [3.63, 3.8) is 0 Å². The SMILES string of the molecule is CCCCCCOCC(CCCCCCCN(CCCN)CCCCCCCC(=O)OC(COCCCCCC)COCCCCCC)COCCCCCC. The molecule has 0 heterocycles. The van der Waals surface area contributed by atoms with E-state index in [4.69, 9.17) is 29.4 Å². The molecule has 336 valence electrons. The first-order valence-electron chi connectivity index (χ1n) is 24.5. The highest BCUT2D eigenvalue weighted by Crippen LogP contribution is 2.15. The summed E-state index contributed by atoms with van der Waals surface area (Å²) in [7, 11) is 0. The molecule has 0 aliphatic heterocycles. The highest BCUT2D eigenvalue weighted by Gasteiger charge is 2.16. The summed E-state index contributed by atoms with van der Waals surface area (Å²) < 4.78 is 29.8. The molecular formula is C48H98N2O6. The lowest BCUT2D eigenvalue weighted by Crippen LogP contribution is -2.29. The number of hydrogen-bond donors (Lipinski definition) is 1. The lowest BCUT2D eigenvalue weighted by Gasteiger charge is -2.22. The first-order chi connectivity index (χ1) is 27.6. The van der Waals surface area contributed by atoms with E-state index in [2.05, 4.69) is 32.6 Å². The van der Waals surface area contributed by atoms with Gasteiger partial charge in [-0.25, -0.2) is 0 Å². The molecule has 8 nitrogen and oxygen atoms in total. The highest BCUT2D eigenvalue weighted by atomic mass is 16.6. The lowest BCUT2D eigenvalue weighted by molar-refractivity contribution is -0.156. The third-order valence-corrected chi connectivity index (χ3v) is 10.8. The first-order valence-corrected chi connectivity index (χ1v) is 24.5. The number of esters is 1. The van der Waals surface area contributed by atoms with Gasteiger partial charge in [0.05, 0.1) is 26.4 Å². The number of rotatable bonds is 48. The third kappa shape index (κ3) is 41.4. The Morgan fingerprint density at radius 2 is 0.821 bits per heavy atom. The van der Waals surface area contributed by atoms with Gasteiger partial charge in [0.1, 0.15) is 6.10 Å². The molecule has 0 fully saturated rings. The molecule has 0 rings (SSSR count). The summed E-state index contributed by atoms with van der Waals surface area (Å²) in [6.45, 7) is 19.0. The van der Waals surface area contributed by atoms with E-state index in [1.807, 2.05) is 0 Å². The fourth-order valence-electron chi connectivity index (χ4n) is 7.11. The lowest BCUT2D eigenvalue weighted by atomic mass is 10.0. The van der Waals surface area contributed by atoms with Crippen LogP contribution in [0.25, 0.3) is 0 Å². The van der Waals surface area contributed by atoms with Gasteiger partial charge in [-0.2, -0.15) is 0 Å². The molecule has 0 aliphatic rings. The average Bonchev–Trinajstić information content (AvgIpc) is 3.20. The van der Waals surface area contributed by atoms with E-state index >= 15 is 0 Å². The Morgan fingerprint density at radius 3 is 1.27 bits per heavy atom. The Bertz CT molecular complexity index is 727. The van der Waals surface area contributed by atoms with Gasteiger partial charge in [-0.15, -0.1) is 0 Å². The van der Waals surface area contributed by atoms with Crippen molar-refractivity contribution in [2.45, 2.75) is 220 Å². The minimum atomic E-state index is -0.309. The van der Waals surface area contributed by atoms with Crippen LogP contribution in [-0.2, 0) is 28.5 Å². The summed E-state index contributed by atoms with van der Waals surface area (Å²) in [6.07, 6.45) is 34.0. The predicted molar refractivity (Wildman–Crippen MR) is 239 cm³/mol. The number of carbonyl (C=O) groups is 1. The van der Waals surface area contributed by atoms with E-state index in [-0.39, 0.29) is 12.1 Å². The highest BCUT2D eigenvalue weighted by molar-refractivity contribution is 5.69. The van der Waals surface area contributed by atoms with Crippen molar-refractivity contribution in [2.75, 3.05) is 79.0 Å². The van der Waals surface area contributed by atoms with Crippen molar-refractivity contribution >= 4 is 5.97 Å². The molecule has 0 atom stereocenters. The van der Waals surface area contributed by atoms with Gasteiger partial charge in [-0.05, 0) is 84.0 Å². The molecular weight excluding hydrogens is 701 g/mol. The van der Waals surface area contributed by atoms with Crippen LogP contribution in [0.2, 0.25) is 0 Å². The summed E-state index contributed by atoms with van der Waals surface area (Å²) in [6, 6.07) is 0. The normalized spacial score (nSPS) is 11.9. The molecule has 0 spiro atoms. The number of nitrogens with zero attached hydrogens (tertiary/aromatic N) is 1. The van der Waals surface area contributed by atoms with E-state index < -0.39 is 0 Å². The second-order valence-corrected chi connectivity index (χ2v) is 16.6. The maximum absolute atomic E-state index is 12.7. The van der Waals surface area contributed by atoms with Crippen molar-refractivity contribution in [1.29, 1.82) is 0 Å². The standard InChI is InChI=1S/C48H98N2O6/c1-5-9-13-27-38-52-42-46(43-53-39-28-14-10-6-2)32-23-19-17-21-25-35-50(37-31-34-49)36-26-22-18-20-24-33-48(51)56-47(44-54-40-29-15-11-7-3)45-55-41-30-16-12-8-4/h46-47H,5-45,49H2,1-4H3. The van der Waals surface area contributed by atoms with Crippen molar-refractivity contribution < 1.29 is 28.5 Å². The number of ether oxygens (including phenoxy) is 5. The molecule has 2 N–H and O–H groups in total. The fourth-order valence-corrected chi connectivity index (χ4v) is 7.11. The van der Waals surface area contributed by atoms with Gasteiger partial charge in [-0.1, -0.05) is 150 Å². The Balaban J connectivity index is 4.27. The molecule has 0 bridgehead atoms. The zero-order valence-corrected chi connectivity index (χ0v) is 38.1. The summed E-state index contributed by atoms with van der Waals surface area (Å²) in [5.41, 5.74) is 5.89. The van der Waals surface area contributed by atoms with Crippen molar-refractivity contribution in [1.82, 2.24) is 4.90 Å². The van der Waals surface area contributed by atoms with E-state index in [9.17, 15) is 4.79 Å². The second-order valence-electron chi connectivity index (χ2n) is 16.6. The number of carbonyl (C=O) groups excluding carboxylic acids is 1. The largest absolute Gasteiger partial charge is 0.457 e. The fraction of sp³-hybridized carbons (Fsp3) is 0.979. The maximum Gasteiger partial charge on any atom is 0.306 e. The first kappa shape index (κ1) is 55.2. The van der Waals surface area contributed by atoms with Crippen LogP contribution in [0.4, 0.5) is 0 Å². The summed E-state index contributed by atoms with van der Waals surface area (Å²) in [4.78, 5) is 15.3. The molecule has 0 saturated heterocycles. The van der Waals surface area contributed by atoms with Gasteiger partial charge in [0, 0.05) is 38.8 Å². The quantitative estimate of drug-likeness (QED) is 0.0480. The van der Waals surface area contributed by atoms with E-state index in [1.54, 1.807) is 0 Å².